The number of halogens is 1. The average molecular weight is 530 g/mol. The monoisotopic (exact) mass is 528 g/mol. The van der Waals surface area contributed by atoms with Gasteiger partial charge in [0.2, 0.25) is 0 Å². The van der Waals surface area contributed by atoms with Crippen molar-refractivity contribution >= 4 is 28.0 Å². The molecular weight excluding hydrogens is 492 g/mol. The maximum Gasteiger partial charge on any atom is 0.306 e. The molecule has 1 atom stereocenters. The summed E-state index contributed by atoms with van der Waals surface area (Å²) in [5.74, 6) is 3.18. The van der Waals surface area contributed by atoms with E-state index in [4.69, 9.17) is 4.74 Å². The van der Waals surface area contributed by atoms with Gasteiger partial charge in [-0.15, -0.1) is 0 Å². The fraction of sp³-hybridized carbons (Fsp3) is 0.714. The number of esters is 1. The minimum absolute atomic E-state index is 0.0259. The van der Waals surface area contributed by atoms with E-state index in [0.717, 1.165) is 49.8 Å². The van der Waals surface area contributed by atoms with Crippen LogP contribution in [0.5, 0.6) is 0 Å². The van der Waals surface area contributed by atoms with Crippen LogP contribution in [0.15, 0.2) is 18.2 Å². The van der Waals surface area contributed by atoms with E-state index in [0.29, 0.717) is 30.9 Å². The number of fused-ring (bicyclic) bond motifs is 2. The van der Waals surface area contributed by atoms with E-state index in [-0.39, 0.29) is 23.2 Å². The van der Waals surface area contributed by atoms with E-state index in [1.165, 1.54) is 43.2 Å². The molecule has 1 heterocycles. The molecule has 7 rings (SSSR count). The Morgan fingerprint density at radius 1 is 1.09 bits per heavy atom. The van der Waals surface area contributed by atoms with Crippen molar-refractivity contribution in [3.05, 3.63) is 34.9 Å². The second-order valence-corrected chi connectivity index (χ2v) is 12.5. The third-order valence-electron chi connectivity index (χ3n) is 9.85. The summed E-state index contributed by atoms with van der Waals surface area (Å²) in [7, 11) is 0. The second-order valence-electron chi connectivity index (χ2n) is 11.7. The van der Waals surface area contributed by atoms with Crippen molar-refractivity contribution < 1.29 is 14.3 Å². The van der Waals surface area contributed by atoms with Crippen LogP contribution in [0.25, 0.3) is 0 Å². The number of hydrogen-bond donors (Lipinski definition) is 1. The first-order valence-corrected chi connectivity index (χ1v) is 14.2. The Morgan fingerprint density at radius 3 is 2.41 bits per heavy atom. The summed E-state index contributed by atoms with van der Waals surface area (Å²) in [5, 5.41) is 3.50. The van der Waals surface area contributed by atoms with Gasteiger partial charge >= 0.3 is 5.97 Å². The number of carbonyl (C=O) groups excluding carboxylic acids is 2. The van der Waals surface area contributed by atoms with Gasteiger partial charge in [0.15, 0.2) is 0 Å². The molecule has 4 bridgehead atoms. The highest BCUT2D eigenvalue weighted by Crippen LogP contribution is 2.57. The van der Waals surface area contributed by atoms with Crippen LogP contribution < -0.4 is 5.32 Å². The van der Waals surface area contributed by atoms with Crippen molar-refractivity contribution in [2.24, 2.45) is 23.7 Å². The molecule has 1 aromatic rings. The molecule has 4 saturated carbocycles. The Bertz CT molecular complexity index is 944. The lowest BCUT2D eigenvalue weighted by Gasteiger charge is -2.56. The quantitative estimate of drug-likeness (QED) is 0.414. The predicted octanol–water partition coefficient (Wildman–Crippen LogP) is 5.33. The van der Waals surface area contributed by atoms with Gasteiger partial charge in [0.05, 0.1) is 29.2 Å². The fourth-order valence-corrected chi connectivity index (χ4v) is 9.70. The fourth-order valence-electron chi connectivity index (χ4n) is 8.84. The molecule has 0 radical (unpaired) electrons. The van der Waals surface area contributed by atoms with E-state index in [1.807, 2.05) is 23.0 Å². The number of rotatable bonds is 5. The molecule has 0 aromatic heterocycles. The van der Waals surface area contributed by atoms with Gasteiger partial charge in [0.25, 0.3) is 5.91 Å². The number of nitrogens with one attached hydrogen (secondary N) is 1. The van der Waals surface area contributed by atoms with Crippen LogP contribution in [-0.2, 0) is 14.9 Å². The first kappa shape index (κ1) is 23.0. The molecule has 1 N–H and O–H groups in total. The Kier molecular flexibility index (Phi) is 6.04. The van der Waals surface area contributed by atoms with Crippen LogP contribution in [0.4, 0.5) is 0 Å². The van der Waals surface area contributed by atoms with E-state index in [1.54, 1.807) is 0 Å². The Balaban J connectivity index is 1.33. The number of hydrogen-bond acceptors (Lipinski definition) is 4. The number of carbonyl (C=O) groups is 2. The highest BCUT2D eigenvalue weighted by molar-refractivity contribution is 9.07. The molecule has 5 fully saturated rings. The van der Waals surface area contributed by atoms with Gasteiger partial charge in [-0.2, -0.15) is 0 Å². The summed E-state index contributed by atoms with van der Waals surface area (Å²) in [6, 6.07) is 6.55. The molecule has 1 spiro atoms. The number of benzene rings is 1. The number of piperidine rings is 1. The van der Waals surface area contributed by atoms with Gasteiger partial charge in [-0.25, -0.2) is 0 Å². The normalized spacial score (nSPS) is 34.8. The number of amides is 1. The molecule has 5 aliphatic carbocycles. The van der Waals surface area contributed by atoms with Gasteiger partial charge in [0.1, 0.15) is 0 Å². The molecule has 184 valence electrons. The maximum atomic E-state index is 14.2. The molecule has 1 amide bonds. The predicted molar refractivity (Wildman–Crippen MR) is 135 cm³/mol. The van der Waals surface area contributed by atoms with Crippen molar-refractivity contribution in [1.29, 1.82) is 0 Å². The third-order valence-corrected chi connectivity index (χ3v) is 10.6. The molecule has 1 aliphatic heterocycles. The van der Waals surface area contributed by atoms with Gasteiger partial charge in [-0.1, -0.05) is 12.1 Å². The lowest BCUT2D eigenvalue weighted by Crippen LogP contribution is -2.54. The smallest absolute Gasteiger partial charge is 0.306 e. The van der Waals surface area contributed by atoms with Crippen molar-refractivity contribution in [1.82, 2.24) is 9.24 Å². The Hall–Kier alpha value is -1.40. The molecule has 6 heteroatoms. The third kappa shape index (κ3) is 3.75. The van der Waals surface area contributed by atoms with Gasteiger partial charge < -0.3 is 10.1 Å². The summed E-state index contributed by atoms with van der Waals surface area (Å²) in [6.07, 6.45) is 9.95. The second kappa shape index (κ2) is 8.92. The van der Waals surface area contributed by atoms with Crippen molar-refractivity contribution in [2.45, 2.75) is 82.1 Å². The van der Waals surface area contributed by atoms with Crippen LogP contribution in [-0.4, -0.2) is 41.5 Å². The minimum Gasteiger partial charge on any atom is -0.466 e. The molecule has 34 heavy (non-hydrogen) atoms. The van der Waals surface area contributed by atoms with Crippen LogP contribution >= 0.6 is 16.1 Å². The molecule has 1 aromatic carbocycles. The summed E-state index contributed by atoms with van der Waals surface area (Å²) >= 11 is 3.83. The zero-order valence-electron chi connectivity index (χ0n) is 20.2. The van der Waals surface area contributed by atoms with Crippen molar-refractivity contribution in [2.75, 3.05) is 19.7 Å². The van der Waals surface area contributed by atoms with E-state index in [2.05, 4.69) is 27.5 Å². The Morgan fingerprint density at radius 2 is 1.76 bits per heavy atom. The van der Waals surface area contributed by atoms with Crippen LogP contribution in [0.2, 0.25) is 0 Å². The molecule has 5 nitrogen and oxygen atoms in total. The van der Waals surface area contributed by atoms with E-state index < -0.39 is 0 Å². The summed E-state index contributed by atoms with van der Waals surface area (Å²) < 4.78 is 7.27. The lowest BCUT2D eigenvalue weighted by atomic mass is 9.54. The van der Waals surface area contributed by atoms with Gasteiger partial charge in [-0.3, -0.25) is 13.5 Å². The topological polar surface area (TPSA) is 58.6 Å². The summed E-state index contributed by atoms with van der Waals surface area (Å²) in [6.45, 7) is 4.19. The number of ether oxygens (including phenoxy) is 1. The zero-order chi connectivity index (χ0) is 23.4. The van der Waals surface area contributed by atoms with E-state index in [9.17, 15) is 9.59 Å². The standard InChI is InChI=1S/C28H37BrN2O3/c1-2-34-24(32)15-21-16-28(6-8-30-9-7-28)25-22(21)4-3-5-23(25)27(33)31(29)26-19-11-17-10-18(13-19)14-20(26)12-17/h3-5,17-21,26,30H,2,6-16H2,1H3. The molecule has 1 saturated heterocycles. The van der Waals surface area contributed by atoms with Crippen molar-refractivity contribution in [3.63, 3.8) is 0 Å². The SMILES string of the molecule is CCOC(=O)CC1CC2(CCNCC2)c2c(C(=O)N(Br)C3C4CC5CC(C4)CC3C5)cccc21. The highest BCUT2D eigenvalue weighted by atomic mass is 79.9. The average Bonchev–Trinajstić information content (AvgIpc) is 3.11. The van der Waals surface area contributed by atoms with Crippen LogP contribution in [0.3, 0.4) is 0 Å². The van der Waals surface area contributed by atoms with Crippen LogP contribution in [0, 0.1) is 23.7 Å². The Labute approximate surface area is 211 Å². The zero-order valence-corrected chi connectivity index (χ0v) is 21.8. The molecular formula is C28H37BrN2O3. The highest BCUT2D eigenvalue weighted by Gasteiger charge is 2.52. The minimum atomic E-state index is -0.128. The largest absolute Gasteiger partial charge is 0.466 e. The molecule has 1 unspecified atom stereocenters. The van der Waals surface area contributed by atoms with E-state index >= 15 is 0 Å². The van der Waals surface area contributed by atoms with Gasteiger partial charge in [0, 0.05) is 11.6 Å². The first-order valence-electron chi connectivity index (χ1n) is 13.5. The van der Waals surface area contributed by atoms with Gasteiger partial charge in [-0.05, 0) is 124 Å². The summed E-state index contributed by atoms with van der Waals surface area (Å²) in [5.41, 5.74) is 3.26. The first-order chi connectivity index (χ1) is 16.5. The maximum absolute atomic E-state index is 14.2. The van der Waals surface area contributed by atoms with Crippen molar-refractivity contribution in [3.8, 4) is 0 Å². The summed E-state index contributed by atoms with van der Waals surface area (Å²) in [4.78, 5) is 26.6. The lowest BCUT2D eigenvalue weighted by molar-refractivity contribution is -0.143. The number of nitrogens with zero attached hydrogens (tertiary/aromatic N) is 1. The molecule has 6 aliphatic rings. The van der Waals surface area contributed by atoms with Crippen LogP contribution in [0.1, 0.15) is 92.1 Å².